The van der Waals surface area contributed by atoms with Crippen LogP contribution in [0.3, 0.4) is 0 Å². The minimum absolute atomic E-state index is 0.591. The van der Waals surface area contributed by atoms with Crippen molar-refractivity contribution < 1.29 is 4.42 Å². The van der Waals surface area contributed by atoms with Crippen LogP contribution in [0.1, 0.15) is 30.3 Å². The fourth-order valence-electron chi connectivity index (χ4n) is 3.15. The van der Waals surface area contributed by atoms with Crippen molar-refractivity contribution in [2.75, 3.05) is 26.7 Å². The van der Waals surface area contributed by atoms with Crippen molar-refractivity contribution in [3.63, 3.8) is 0 Å². The first-order chi connectivity index (χ1) is 11.2. The molecule has 0 spiro atoms. The van der Waals surface area contributed by atoms with E-state index in [4.69, 9.17) is 4.42 Å². The van der Waals surface area contributed by atoms with Crippen LogP contribution < -0.4 is 0 Å². The van der Waals surface area contributed by atoms with E-state index in [0.717, 1.165) is 32.6 Å². The summed E-state index contributed by atoms with van der Waals surface area (Å²) < 4.78 is 5.47. The highest BCUT2D eigenvalue weighted by Gasteiger charge is 2.23. The van der Waals surface area contributed by atoms with E-state index in [1.165, 1.54) is 18.5 Å². The molecular weight excluding hydrogens is 290 g/mol. The fourth-order valence-corrected chi connectivity index (χ4v) is 3.15. The summed E-state index contributed by atoms with van der Waals surface area (Å²) in [6, 6.07) is 6.72. The lowest BCUT2D eigenvalue weighted by Gasteiger charge is -2.36. The Morgan fingerprint density at radius 3 is 2.74 bits per heavy atom. The number of likely N-dealkylation sites (tertiary alicyclic amines) is 1. The monoisotopic (exact) mass is 315 g/mol. The molecule has 124 valence electrons. The maximum atomic E-state index is 5.47. The van der Waals surface area contributed by atoms with Crippen LogP contribution in [0.25, 0.3) is 0 Å². The number of pyridine rings is 1. The fraction of sp³-hybridized carbons (Fsp3) is 0.588. The summed E-state index contributed by atoms with van der Waals surface area (Å²) in [5, 5.41) is 7.98. The topological polar surface area (TPSA) is 58.3 Å². The van der Waals surface area contributed by atoms with Crippen molar-refractivity contribution in [3.8, 4) is 0 Å². The van der Waals surface area contributed by atoms with Gasteiger partial charge in [-0.1, -0.05) is 6.07 Å². The van der Waals surface area contributed by atoms with Crippen LogP contribution >= 0.6 is 0 Å². The van der Waals surface area contributed by atoms with E-state index in [2.05, 4.69) is 44.2 Å². The summed E-state index contributed by atoms with van der Waals surface area (Å²) >= 11 is 0. The van der Waals surface area contributed by atoms with Crippen molar-refractivity contribution in [1.82, 2.24) is 25.0 Å². The SMILES string of the molecule is Cc1nnc(CN(C)C2CCN(CCc3ccccn3)CC2)o1. The van der Waals surface area contributed by atoms with E-state index in [1.54, 1.807) is 0 Å². The summed E-state index contributed by atoms with van der Waals surface area (Å²) in [6.45, 7) is 5.95. The summed E-state index contributed by atoms with van der Waals surface area (Å²) in [5.74, 6) is 1.35. The minimum atomic E-state index is 0.591. The molecule has 0 saturated carbocycles. The van der Waals surface area contributed by atoms with Gasteiger partial charge in [-0.3, -0.25) is 9.88 Å². The van der Waals surface area contributed by atoms with Crippen molar-refractivity contribution in [3.05, 3.63) is 41.9 Å². The third kappa shape index (κ3) is 4.59. The van der Waals surface area contributed by atoms with Crippen LogP contribution in [0.4, 0.5) is 0 Å². The molecule has 6 heteroatoms. The van der Waals surface area contributed by atoms with Gasteiger partial charge in [0.2, 0.25) is 11.8 Å². The molecule has 2 aromatic heterocycles. The Morgan fingerprint density at radius 2 is 2.09 bits per heavy atom. The summed E-state index contributed by atoms with van der Waals surface area (Å²) in [7, 11) is 2.15. The highest BCUT2D eigenvalue weighted by atomic mass is 16.4. The van der Waals surface area contributed by atoms with Gasteiger partial charge >= 0.3 is 0 Å². The number of nitrogens with zero attached hydrogens (tertiary/aromatic N) is 5. The van der Waals surface area contributed by atoms with E-state index in [1.807, 2.05) is 19.2 Å². The molecule has 6 nitrogen and oxygen atoms in total. The second kappa shape index (κ2) is 7.66. The normalized spacial score (nSPS) is 17.0. The average molecular weight is 315 g/mol. The van der Waals surface area contributed by atoms with E-state index < -0.39 is 0 Å². The molecule has 0 N–H and O–H groups in total. The molecule has 1 aliphatic heterocycles. The molecule has 0 atom stereocenters. The zero-order chi connectivity index (χ0) is 16.1. The van der Waals surface area contributed by atoms with Gasteiger partial charge in [0.25, 0.3) is 0 Å². The first-order valence-corrected chi connectivity index (χ1v) is 8.32. The van der Waals surface area contributed by atoms with Crippen LogP contribution in [-0.4, -0.2) is 57.7 Å². The maximum absolute atomic E-state index is 5.47. The number of piperidine rings is 1. The lowest BCUT2D eigenvalue weighted by molar-refractivity contribution is 0.117. The predicted octanol–water partition coefficient (Wildman–Crippen LogP) is 1.91. The first-order valence-electron chi connectivity index (χ1n) is 8.32. The zero-order valence-electron chi connectivity index (χ0n) is 14.0. The minimum Gasteiger partial charge on any atom is -0.424 e. The third-order valence-electron chi connectivity index (χ3n) is 4.54. The first kappa shape index (κ1) is 16.1. The molecule has 3 heterocycles. The largest absolute Gasteiger partial charge is 0.424 e. The van der Waals surface area contributed by atoms with Crippen LogP contribution in [0.15, 0.2) is 28.8 Å². The molecule has 0 radical (unpaired) electrons. The number of rotatable bonds is 6. The number of hydrogen-bond acceptors (Lipinski definition) is 6. The second-order valence-electron chi connectivity index (χ2n) is 6.27. The predicted molar refractivity (Wildman–Crippen MR) is 87.9 cm³/mol. The Labute approximate surface area is 137 Å². The molecule has 0 aliphatic carbocycles. The van der Waals surface area contributed by atoms with E-state index in [0.29, 0.717) is 17.8 Å². The van der Waals surface area contributed by atoms with E-state index in [-0.39, 0.29) is 0 Å². The Balaban J connectivity index is 1.41. The summed E-state index contributed by atoms with van der Waals surface area (Å²) in [6.07, 6.45) is 5.27. The second-order valence-corrected chi connectivity index (χ2v) is 6.27. The summed E-state index contributed by atoms with van der Waals surface area (Å²) in [5.41, 5.74) is 1.18. The van der Waals surface area contributed by atoms with Gasteiger partial charge in [0.05, 0.1) is 6.54 Å². The smallest absolute Gasteiger partial charge is 0.230 e. The molecule has 0 amide bonds. The van der Waals surface area contributed by atoms with Gasteiger partial charge in [-0.15, -0.1) is 10.2 Å². The molecule has 1 aliphatic rings. The van der Waals surface area contributed by atoms with Crippen molar-refractivity contribution in [1.29, 1.82) is 0 Å². The van der Waals surface area contributed by atoms with Crippen molar-refractivity contribution in [2.45, 2.75) is 38.8 Å². The molecule has 1 saturated heterocycles. The van der Waals surface area contributed by atoms with Gasteiger partial charge < -0.3 is 9.32 Å². The van der Waals surface area contributed by atoms with Gasteiger partial charge in [-0.2, -0.15) is 0 Å². The molecule has 3 rings (SSSR count). The van der Waals surface area contributed by atoms with E-state index in [9.17, 15) is 0 Å². The average Bonchev–Trinajstić information content (AvgIpc) is 2.99. The standard InChI is InChI=1S/C17H25N5O/c1-14-19-20-17(23-14)13-21(2)16-7-11-22(12-8-16)10-6-15-5-3-4-9-18-15/h3-5,9,16H,6-8,10-13H2,1-2H3. The molecule has 23 heavy (non-hydrogen) atoms. The molecule has 0 aromatic carbocycles. The molecule has 0 unspecified atom stereocenters. The lowest BCUT2D eigenvalue weighted by Crippen LogP contribution is -2.43. The van der Waals surface area contributed by atoms with Crippen molar-refractivity contribution in [2.24, 2.45) is 0 Å². The van der Waals surface area contributed by atoms with Crippen LogP contribution in [0, 0.1) is 6.92 Å². The number of hydrogen-bond donors (Lipinski definition) is 0. The maximum Gasteiger partial charge on any atom is 0.230 e. The number of aromatic nitrogens is 3. The van der Waals surface area contributed by atoms with Crippen molar-refractivity contribution >= 4 is 0 Å². The Hall–Kier alpha value is -1.79. The van der Waals surface area contributed by atoms with Crippen LogP contribution in [0.2, 0.25) is 0 Å². The van der Waals surface area contributed by atoms with Crippen LogP contribution in [0.5, 0.6) is 0 Å². The molecular formula is C17H25N5O. The number of aryl methyl sites for hydroxylation is 1. The summed E-state index contributed by atoms with van der Waals surface area (Å²) in [4.78, 5) is 9.27. The lowest BCUT2D eigenvalue weighted by atomic mass is 10.0. The zero-order valence-corrected chi connectivity index (χ0v) is 14.0. The molecule has 1 fully saturated rings. The van der Waals surface area contributed by atoms with Gasteiger partial charge in [0, 0.05) is 37.8 Å². The van der Waals surface area contributed by atoms with Gasteiger partial charge in [-0.05, 0) is 45.1 Å². The highest BCUT2D eigenvalue weighted by molar-refractivity contribution is 5.03. The van der Waals surface area contributed by atoms with E-state index >= 15 is 0 Å². The van der Waals surface area contributed by atoms with Gasteiger partial charge in [0.1, 0.15) is 0 Å². The van der Waals surface area contributed by atoms with Gasteiger partial charge in [0.15, 0.2) is 0 Å². The Kier molecular flexibility index (Phi) is 5.35. The molecule has 0 bridgehead atoms. The van der Waals surface area contributed by atoms with Gasteiger partial charge in [-0.25, -0.2) is 0 Å². The van der Waals surface area contributed by atoms with Crippen LogP contribution in [-0.2, 0) is 13.0 Å². The third-order valence-corrected chi connectivity index (χ3v) is 4.54. The highest BCUT2D eigenvalue weighted by Crippen LogP contribution is 2.17. The Bertz CT molecular complexity index is 592. The molecule has 2 aromatic rings. The quantitative estimate of drug-likeness (QED) is 0.811. The Morgan fingerprint density at radius 1 is 1.26 bits per heavy atom.